The molecule has 0 amide bonds. The standard InChI is InChI=1S/C64H64O15/c65-60(49-32-18-6-19-33-49)77-58-54(70-38-46-26-12-3-13-27-46)51(41-68-36-44-22-8-1-9-23-44)75-63(58)73-43-53-56(57(62(67)74-53)72-40-48-30-16-5-17-31-48)79-64-59(78-61(66)50-34-20-7-21-35-50)55(71-39-47-28-14-4-15-29-47)52(76-64)42-69-37-45-24-10-2-11-25-45/h1-35,51-59,62-64,67H,36-43H2/t51-,52-,53-,54-,55-,56-,57+,58+,59+,62+,63+,64-/m1/s1. The molecule has 3 fully saturated rings. The Balaban J connectivity index is 0.944. The molecule has 3 aliphatic rings. The van der Waals surface area contributed by atoms with Gasteiger partial charge in [-0.05, 0) is 52.1 Å². The quantitative estimate of drug-likeness (QED) is 0.0510. The molecule has 15 heteroatoms. The lowest BCUT2D eigenvalue weighted by Crippen LogP contribution is -2.47. The molecule has 3 saturated heterocycles. The maximum Gasteiger partial charge on any atom is 0.338 e. The van der Waals surface area contributed by atoms with E-state index >= 15 is 0 Å². The molecule has 15 nitrogen and oxygen atoms in total. The second-order valence-electron chi connectivity index (χ2n) is 19.3. The molecule has 10 rings (SSSR count). The summed E-state index contributed by atoms with van der Waals surface area (Å²) in [6.45, 7) is 0.730. The molecule has 410 valence electrons. The van der Waals surface area contributed by atoms with E-state index in [1.54, 1.807) is 54.6 Å². The molecule has 7 aromatic carbocycles. The zero-order chi connectivity index (χ0) is 54.0. The number of carbonyl (C=O) groups excluding carboxylic acids is 2. The largest absolute Gasteiger partial charge is 0.450 e. The van der Waals surface area contributed by atoms with Crippen molar-refractivity contribution in [3.8, 4) is 0 Å². The van der Waals surface area contributed by atoms with E-state index in [-0.39, 0.29) is 52.9 Å². The fourth-order valence-electron chi connectivity index (χ4n) is 9.64. The van der Waals surface area contributed by atoms with Crippen LogP contribution in [0.5, 0.6) is 0 Å². The molecule has 0 saturated carbocycles. The van der Waals surface area contributed by atoms with Gasteiger partial charge in [0.1, 0.15) is 42.7 Å². The Morgan fingerprint density at radius 1 is 0.342 bits per heavy atom. The van der Waals surface area contributed by atoms with Crippen LogP contribution in [0.4, 0.5) is 0 Å². The third-order valence-electron chi connectivity index (χ3n) is 13.7. The first-order chi connectivity index (χ1) is 38.9. The highest BCUT2D eigenvalue weighted by Crippen LogP contribution is 2.37. The highest BCUT2D eigenvalue weighted by Gasteiger charge is 2.55. The van der Waals surface area contributed by atoms with E-state index in [2.05, 4.69) is 0 Å². The molecule has 0 aromatic heterocycles. The summed E-state index contributed by atoms with van der Waals surface area (Å²) in [6.07, 6.45) is -13.2. The summed E-state index contributed by atoms with van der Waals surface area (Å²) in [5.41, 5.74) is 5.11. The predicted molar refractivity (Wildman–Crippen MR) is 288 cm³/mol. The first kappa shape index (κ1) is 55.4. The Labute approximate surface area is 459 Å². The summed E-state index contributed by atoms with van der Waals surface area (Å²) in [5, 5.41) is 11.8. The zero-order valence-electron chi connectivity index (χ0n) is 43.5. The fourth-order valence-corrected chi connectivity index (χ4v) is 9.64. The minimum absolute atomic E-state index is 0.0315. The van der Waals surface area contributed by atoms with E-state index in [4.69, 9.17) is 56.8 Å². The lowest BCUT2D eigenvalue weighted by atomic mass is 10.1. The van der Waals surface area contributed by atoms with Gasteiger partial charge in [0.15, 0.2) is 31.1 Å². The van der Waals surface area contributed by atoms with Gasteiger partial charge < -0.3 is 61.9 Å². The van der Waals surface area contributed by atoms with E-state index in [1.165, 1.54) is 0 Å². The van der Waals surface area contributed by atoms with Crippen molar-refractivity contribution in [1.29, 1.82) is 0 Å². The molecule has 12 atom stereocenters. The monoisotopic (exact) mass is 1070 g/mol. The van der Waals surface area contributed by atoms with Crippen molar-refractivity contribution in [3.63, 3.8) is 0 Å². The molecular weight excluding hydrogens is 1010 g/mol. The molecule has 7 aromatic rings. The molecule has 0 aliphatic carbocycles. The van der Waals surface area contributed by atoms with Crippen LogP contribution in [0.1, 0.15) is 48.5 Å². The average Bonchev–Trinajstić information content (AvgIpc) is 4.26. The highest BCUT2D eigenvalue weighted by atomic mass is 16.8. The number of carbonyl (C=O) groups is 2. The molecule has 3 aliphatic heterocycles. The van der Waals surface area contributed by atoms with E-state index in [9.17, 15) is 14.7 Å². The van der Waals surface area contributed by atoms with Crippen LogP contribution < -0.4 is 0 Å². The van der Waals surface area contributed by atoms with E-state index in [0.29, 0.717) is 11.1 Å². The number of esters is 2. The van der Waals surface area contributed by atoms with E-state index < -0.39 is 85.7 Å². The summed E-state index contributed by atoms with van der Waals surface area (Å²) >= 11 is 0. The second-order valence-corrected chi connectivity index (χ2v) is 19.3. The zero-order valence-corrected chi connectivity index (χ0v) is 43.5. The summed E-state index contributed by atoms with van der Waals surface area (Å²) in [7, 11) is 0. The van der Waals surface area contributed by atoms with Crippen molar-refractivity contribution in [1.82, 2.24) is 0 Å². The molecule has 3 heterocycles. The Kier molecular flexibility index (Phi) is 19.8. The highest BCUT2D eigenvalue weighted by molar-refractivity contribution is 5.90. The Bertz CT molecular complexity index is 2890. The Hall–Kier alpha value is -6.96. The fraction of sp³-hybridized carbons (Fsp3) is 0.312. The van der Waals surface area contributed by atoms with Crippen molar-refractivity contribution in [2.45, 2.75) is 107 Å². The van der Waals surface area contributed by atoms with E-state index in [1.807, 2.05) is 158 Å². The number of aliphatic hydroxyl groups excluding tert-OH is 1. The van der Waals surface area contributed by atoms with Gasteiger partial charge in [0, 0.05) is 0 Å². The molecule has 0 bridgehead atoms. The van der Waals surface area contributed by atoms with Gasteiger partial charge in [-0.2, -0.15) is 0 Å². The van der Waals surface area contributed by atoms with Gasteiger partial charge in [0.25, 0.3) is 0 Å². The normalized spacial score (nSPS) is 25.5. The lowest BCUT2D eigenvalue weighted by Gasteiger charge is -2.30. The minimum atomic E-state index is -1.54. The summed E-state index contributed by atoms with van der Waals surface area (Å²) in [5.74, 6) is -1.26. The number of hydrogen-bond acceptors (Lipinski definition) is 15. The summed E-state index contributed by atoms with van der Waals surface area (Å²) in [6, 6.07) is 65.4. The third kappa shape index (κ3) is 15.2. The first-order valence-electron chi connectivity index (χ1n) is 26.6. The van der Waals surface area contributed by atoms with Crippen LogP contribution in [0.2, 0.25) is 0 Å². The maximum absolute atomic E-state index is 14.1. The van der Waals surface area contributed by atoms with Crippen LogP contribution in [0.25, 0.3) is 0 Å². The van der Waals surface area contributed by atoms with Crippen LogP contribution in [0.15, 0.2) is 212 Å². The molecule has 0 unspecified atom stereocenters. The summed E-state index contributed by atoms with van der Waals surface area (Å²) in [4.78, 5) is 28.1. The van der Waals surface area contributed by atoms with Gasteiger partial charge in [-0.3, -0.25) is 0 Å². The maximum atomic E-state index is 14.1. The molecular formula is C64H64O15. The van der Waals surface area contributed by atoms with Gasteiger partial charge in [0.2, 0.25) is 0 Å². The van der Waals surface area contributed by atoms with Gasteiger partial charge in [-0.25, -0.2) is 9.59 Å². The van der Waals surface area contributed by atoms with Crippen LogP contribution in [-0.2, 0) is 89.9 Å². The third-order valence-corrected chi connectivity index (χ3v) is 13.7. The van der Waals surface area contributed by atoms with Crippen LogP contribution in [-0.4, -0.2) is 111 Å². The minimum Gasteiger partial charge on any atom is -0.450 e. The molecule has 0 spiro atoms. The van der Waals surface area contributed by atoms with E-state index in [0.717, 1.165) is 27.8 Å². The average molecular weight is 1070 g/mol. The molecule has 1 N–H and O–H groups in total. The first-order valence-corrected chi connectivity index (χ1v) is 26.6. The van der Waals surface area contributed by atoms with Crippen molar-refractivity contribution in [2.24, 2.45) is 0 Å². The van der Waals surface area contributed by atoms with Crippen LogP contribution in [0, 0.1) is 0 Å². The number of benzene rings is 7. The number of ether oxygens (including phenoxy) is 12. The van der Waals surface area contributed by atoms with Crippen LogP contribution in [0.3, 0.4) is 0 Å². The Morgan fingerprint density at radius 2 is 0.671 bits per heavy atom. The SMILES string of the molecule is O=C(O[C@@H]1[C@@H](OC[C@H]2O[C@H](O)[C@@H](OCc3ccccc3)[C@@H]2O[C@H]2O[C@H](COCc3ccccc3)[C@@H](OCc3ccccc3)[C@@H]2OC(=O)c2ccccc2)O[C@H](COCc2ccccc2)[C@H]1OCc1ccccc1)c1ccccc1. The second kappa shape index (κ2) is 28.3. The number of rotatable bonds is 26. The molecule has 79 heavy (non-hydrogen) atoms. The number of hydrogen-bond donors (Lipinski definition) is 1. The van der Waals surface area contributed by atoms with Crippen molar-refractivity contribution in [3.05, 3.63) is 251 Å². The Morgan fingerprint density at radius 3 is 1.08 bits per heavy atom. The topological polar surface area (TPSA) is 165 Å². The van der Waals surface area contributed by atoms with Crippen molar-refractivity contribution >= 4 is 11.9 Å². The number of aliphatic hydroxyl groups is 1. The lowest BCUT2D eigenvalue weighted by molar-refractivity contribution is -0.231. The van der Waals surface area contributed by atoms with Gasteiger partial charge in [0.05, 0.1) is 64.0 Å². The van der Waals surface area contributed by atoms with Crippen LogP contribution >= 0.6 is 0 Å². The van der Waals surface area contributed by atoms with Gasteiger partial charge in [-0.15, -0.1) is 0 Å². The van der Waals surface area contributed by atoms with Gasteiger partial charge >= 0.3 is 11.9 Å². The van der Waals surface area contributed by atoms with Crippen molar-refractivity contribution < 1.29 is 71.5 Å². The van der Waals surface area contributed by atoms with Crippen molar-refractivity contribution in [2.75, 3.05) is 19.8 Å². The summed E-state index contributed by atoms with van der Waals surface area (Å²) < 4.78 is 78.3. The van der Waals surface area contributed by atoms with Gasteiger partial charge in [-0.1, -0.05) is 188 Å². The smallest absolute Gasteiger partial charge is 0.338 e. The predicted octanol–water partition coefficient (Wildman–Crippen LogP) is 9.20. The molecule has 0 radical (unpaired) electrons.